The summed E-state index contributed by atoms with van der Waals surface area (Å²) in [6.45, 7) is 6.77. The zero-order chi connectivity index (χ0) is 26.1. The highest BCUT2D eigenvalue weighted by atomic mass is 35.5. The molecule has 1 amide bonds. The summed E-state index contributed by atoms with van der Waals surface area (Å²) in [6, 6.07) is 8.85. The number of aliphatic imine (C=N–C) groups is 1. The summed E-state index contributed by atoms with van der Waals surface area (Å²) in [5.41, 5.74) is 4.91. The van der Waals surface area contributed by atoms with Crippen molar-refractivity contribution in [2.24, 2.45) is 28.7 Å². The first kappa shape index (κ1) is 27.8. The van der Waals surface area contributed by atoms with Crippen molar-refractivity contribution < 1.29 is 14.4 Å². The van der Waals surface area contributed by atoms with Crippen LogP contribution in [0.25, 0.3) is 0 Å². The molecule has 1 aliphatic carbocycles. The number of halogens is 1. The van der Waals surface area contributed by atoms with Gasteiger partial charge in [-0.1, -0.05) is 50.9 Å². The average Bonchev–Trinajstić information content (AvgIpc) is 2.85. The normalized spacial score (nSPS) is 21.6. The number of anilines is 2. The fraction of sp³-hybridized carbons (Fsp3) is 0.500. The molecule has 0 radical (unpaired) electrons. The number of hydroxylamine groups is 1. The number of hydrogen-bond acceptors (Lipinski definition) is 6. The van der Waals surface area contributed by atoms with Gasteiger partial charge < -0.3 is 10.1 Å². The Balaban J connectivity index is 1.86. The predicted molar refractivity (Wildman–Crippen MR) is 145 cm³/mol. The molecule has 1 aliphatic rings. The number of nitrogens with zero attached hydrogens (tertiary/aromatic N) is 2. The first-order valence-corrected chi connectivity index (χ1v) is 13.1. The van der Waals surface area contributed by atoms with E-state index < -0.39 is 0 Å². The van der Waals surface area contributed by atoms with Crippen molar-refractivity contribution in [3.8, 4) is 0 Å². The summed E-state index contributed by atoms with van der Waals surface area (Å²) in [4.78, 5) is 38.3. The lowest BCUT2D eigenvalue weighted by molar-refractivity contribution is -0.111. The molecule has 3 unspecified atom stereocenters. The molecule has 3 rings (SSSR count). The molecular formula is C28H37ClN4O3. The molecule has 0 spiro atoms. The number of para-hydroxylation sites is 1. The lowest BCUT2D eigenvalue weighted by Crippen LogP contribution is -2.25. The van der Waals surface area contributed by atoms with E-state index in [1.165, 1.54) is 13.5 Å². The third-order valence-electron chi connectivity index (χ3n) is 6.81. The van der Waals surface area contributed by atoms with Crippen molar-refractivity contribution >= 4 is 46.7 Å². The van der Waals surface area contributed by atoms with E-state index in [2.05, 4.69) is 36.6 Å². The molecule has 7 nitrogen and oxygen atoms in total. The fourth-order valence-electron chi connectivity index (χ4n) is 5.11. The number of aromatic nitrogens is 1. The Hall–Kier alpha value is -2.77. The quantitative estimate of drug-likeness (QED) is 0.281. The van der Waals surface area contributed by atoms with Crippen molar-refractivity contribution in [3.63, 3.8) is 0 Å². The number of amides is 1. The summed E-state index contributed by atoms with van der Waals surface area (Å²) in [5, 5.41) is 3.64. The molecule has 0 bridgehead atoms. The average molecular weight is 513 g/mol. The van der Waals surface area contributed by atoms with Gasteiger partial charge in [-0.15, -0.1) is 0 Å². The second-order valence-corrected chi connectivity index (χ2v) is 10.3. The first-order valence-electron chi connectivity index (χ1n) is 12.7. The van der Waals surface area contributed by atoms with E-state index in [1.54, 1.807) is 30.5 Å². The molecule has 2 N–H and O–H groups in total. The molecule has 1 saturated carbocycles. The van der Waals surface area contributed by atoms with Gasteiger partial charge in [-0.3, -0.25) is 9.63 Å². The molecule has 2 aromatic rings. The number of carbonyl (C=O) groups is 2. The third kappa shape index (κ3) is 7.61. The third-order valence-corrected chi connectivity index (χ3v) is 7.12. The number of hydrogen-bond donors (Lipinski definition) is 2. The number of rotatable bonds is 9. The van der Waals surface area contributed by atoms with Crippen molar-refractivity contribution in [2.75, 3.05) is 12.4 Å². The maximum atomic E-state index is 12.4. The van der Waals surface area contributed by atoms with Crippen molar-refractivity contribution in [1.82, 2.24) is 10.5 Å². The van der Waals surface area contributed by atoms with Crippen molar-refractivity contribution in [2.45, 2.75) is 59.3 Å². The van der Waals surface area contributed by atoms with E-state index in [-0.39, 0.29) is 11.8 Å². The molecule has 3 atom stereocenters. The summed E-state index contributed by atoms with van der Waals surface area (Å²) >= 11 is 6.43. The standard InChI is InChI=1S/C28H37ClN4O3/c1-5-20-13-19(17-34)14-22(11-10-21(20)12-18(2)3)31-27-15-26(24(29)16-30-27)32-25-9-7-6-8-23(25)28(35)33-36-4/h6-9,15-21H,5,10-14H2,1-4H3,(H,30,32)(H,33,35). The van der Waals surface area contributed by atoms with E-state index in [1.807, 2.05) is 6.07 Å². The second-order valence-electron chi connectivity index (χ2n) is 9.94. The maximum absolute atomic E-state index is 12.4. The molecule has 36 heavy (non-hydrogen) atoms. The zero-order valence-electron chi connectivity index (χ0n) is 21.6. The molecule has 1 heterocycles. The van der Waals surface area contributed by atoms with Gasteiger partial charge in [-0.05, 0) is 62.0 Å². The van der Waals surface area contributed by atoms with Crippen LogP contribution in [0.1, 0.15) is 69.7 Å². The molecule has 8 heteroatoms. The van der Waals surface area contributed by atoms with Gasteiger partial charge >= 0.3 is 0 Å². The number of aldehydes is 1. The highest BCUT2D eigenvalue weighted by molar-refractivity contribution is 6.33. The van der Waals surface area contributed by atoms with Crippen LogP contribution in [0.4, 0.5) is 17.2 Å². The topological polar surface area (TPSA) is 92.7 Å². The minimum atomic E-state index is -0.373. The van der Waals surface area contributed by atoms with E-state index in [0.29, 0.717) is 52.0 Å². The minimum absolute atomic E-state index is 0.0280. The van der Waals surface area contributed by atoms with Gasteiger partial charge in [0.15, 0.2) is 5.82 Å². The summed E-state index contributed by atoms with van der Waals surface area (Å²) in [7, 11) is 1.39. The van der Waals surface area contributed by atoms with E-state index in [4.69, 9.17) is 21.4 Å². The molecule has 0 saturated heterocycles. The Morgan fingerprint density at radius 1 is 1.28 bits per heavy atom. The van der Waals surface area contributed by atoms with Crippen LogP contribution < -0.4 is 10.8 Å². The Morgan fingerprint density at radius 3 is 2.75 bits per heavy atom. The van der Waals surface area contributed by atoms with Crippen molar-refractivity contribution in [3.05, 3.63) is 47.1 Å². The predicted octanol–water partition coefficient (Wildman–Crippen LogP) is 6.92. The summed E-state index contributed by atoms with van der Waals surface area (Å²) in [5.74, 6) is 1.91. The first-order chi connectivity index (χ1) is 17.3. The SMILES string of the molecule is CCC1CC(C=O)CC(=Nc2cc(Nc3ccccc3C(=O)NOC)c(Cl)cn2)CCC1CC(C)C. The lowest BCUT2D eigenvalue weighted by Gasteiger charge is -2.32. The van der Waals surface area contributed by atoms with Crippen LogP contribution in [0.3, 0.4) is 0 Å². The van der Waals surface area contributed by atoms with Crippen LogP contribution in [0.5, 0.6) is 0 Å². The van der Waals surface area contributed by atoms with Gasteiger partial charge in [0, 0.05) is 17.7 Å². The highest BCUT2D eigenvalue weighted by Crippen LogP contribution is 2.36. The largest absolute Gasteiger partial charge is 0.353 e. The molecule has 1 aromatic heterocycles. The van der Waals surface area contributed by atoms with Gasteiger partial charge in [-0.25, -0.2) is 15.5 Å². The number of pyridine rings is 1. The van der Waals surface area contributed by atoms with Gasteiger partial charge in [-0.2, -0.15) is 0 Å². The zero-order valence-corrected chi connectivity index (χ0v) is 22.3. The van der Waals surface area contributed by atoms with Crippen molar-refractivity contribution in [1.29, 1.82) is 0 Å². The fourth-order valence-corrected chi connectivity index (χ4v) is 5.26. The monoisotopic (exact) mass is 512 g/mol. The van der Waals surface area contributed by atoms with Crippen LogP contribution in [0, 0.1) is 23.7 Å². The Bertz CT molecular complexity index is 1070. The highest BCUT2D eigenvalue weighted by Gasteiger charge is 2.28. The number of carbonyl (C=O) groups excluding carboxylic acids is 2. The summed E-state index contributed by atoms with van der Waals surface area (Å²) < 4.78 is 0. The van der Waals surface area contributed by atoms with Crippen LogP contribution in [-0.4, -0.2) is 30.0 Å². The van der Waals surface area contributed by atoms with Gasteiger partial charge in [0.1, 0.15) is 6.29 Å². The molecule has 194 valence electrons. The summed E-state index contributed by atoms with van der Waals surface area (Å²) in [6.07, 6.45) is 8.41. The van der Waals surface area contributed by atoms with Gasteiger partial charge in [0.25, 0.3) is 5.91 Å². The lowest BCUT2D eigenvalue weighted by atomic mass is 9.73. The number of benzene rings is 1. The minimum Gasteiger partial charge on any atom is -0.353 e. The Kier molecular flexibility index (Phi) is 10.4. The van der Waals surface area contributed by atoms with Crippen LogP contribution in [0.2, 0.25) is 5.02 Å². The maximum Gasteiger partial charge on any atom is 0.276 e. The van der Waals surface area contributed by atoms with Crippen LogP contribution in [0.15, 0.2) is 41.5 Å². The van der Waals surface area contributed by atoms with Gasteiger partial charge in [0.2, 0.25) is 0 Å². The second kappa shape index (κ2) is 13.5. The Labute approximate surface area is 219 Å². The van der Waals surface area contributed by atoms with Crippen LogP contribution in [-0.2, 0) is 9.63 Å². The van der Waals surface area contributed by atoms with E-state index >= 15 is 0 Å². The molecule has 0 aliphatic heterocycles. The van der Waals surface area contributed by atoms with Gasteiger partial charge in [0.05, 0.1) is 35.3 Å². The van der Waals surface area contributed by atoms with E-state index in [9.17, 15) is 9.59 Å². The molecule has 1 fully saturated rings. The molecule has 1 aromatic carbocycles. The van der Waals surface area contributed by atoms with E-state index in [0.717, 1.165) is 37.7 Å². The van der Waals surface area contributed by atoms with Crippen LogP contribution >= 0.6 is 11.6 Å². The smallest absolute Gasteiger partial charge is 0.276 e. The Morgan fingerprint density at radius 2 is 2.06 bits per heavy atom. The molecular weight excluding hydrogens is 476 g/mol. The number of nitrogens with one attached hydrogen (secondary N) is 2.